The molecule has 7 aromatic carbocycles. The third-order valence-electron chi connectivity index (χ3n) is 9.65. The number of hydrogen-bond acceptors (Lipinski definition) is 1. The van der Waals surface area contributed by atoms with E-state index in [2.05, 4.69) is 159 Å². The molecule has 0 N–H and O–H groups in total. The Hall–Kier alpha value is -6.57. The summed E-state index contributed by atoms with van der Waals surface area (Å²) in [6.07, 6.45) is 0. The second kappa shape index (κ2) is 9.71. The van der Waals surface area contributed by atoms with Crippen LogP contribution in [0.3, 0.4) is 0 Å². The third-order valence-corrected chi connectivity index (χ3v) is 9.65. The summed E-state index contributed by atoms with van der Waals surface area (Å²) in [6.45, 7) is 0. The quantitative estimate of drug-likeness (QED) is 0.199. The fourth-order valence-corrected chi connectivity index (χ4v) is 7.78. The van der Waals surface area contributed by atoms with E-state index >= 15 is 0 Å². The number of aromatic nitrogens is 3. The lowest BCUT2D eigenvalue weighted by Crippen LogP contribution is -1.97. The molecule has 0 aliphatic rings. The smallest absolute Gasteiger partial charge is 0.0998 e. The molecular weight excluding hydrogens is 573 g/mol. The summed E-state index contributed by atoms with van der Waals surface area (Å²) in [5, 5.41) is 17.1. The van der Waals surface area contributed by atoms with Crippen molar-refractivity contribution in [3.8, 4) is 23.1 Å². The molecule has 218 valence electrons. The summed E-state index contributed by atoms with van der Waals surface area (Å²) in [5.74, 6) is 0. The molecule has 0 aliphatic heterocycles. The average Bonchev–Trinajstić information content (AvgIpc) is 3.77. The van der Waals surface area contributed by atoms with E-state index in [1.165, 1.54) is 32.6 Å². The van der Waals surface area contributed by atoms with E-state index in [1.54, 1.807) is 0 Å². The zero-order valence-corrected chi connectivity index (χ0v) is 25.3. The van der Waals surface area contributed by atoms with Crippen molar-refractivity contribution in [2.45, 2.75) is 0 Å². The summed E-state index contributed by atoms with van der Waals surface area (Å²) < 4.78 is 7.10. The van der Waals surface area contributed by atoms with Crippen LogP contribution in [-0.4, -0.2) is 13.7 Å². The Labute approximate surface area is 270 Å². The lowest BCUT2D eigenvalue weighted by molar-refractivity contribution is 1.15. The number of hydrogen-bond donors (Lipinski definition) is 0. The van der Waals surface area contributed by atoms with Crippen LogP contribution in [0, 0.1) is 11.3 Å². The number of fused-ring (bicyclic) bond motifs is 10. The van der Waals surface area contributed by atoms with Crippen LogP contribution in [-0.2, 0) is 0 Å². The monoisotopic (exact) mass is 598 g/mol. The lowest BCUT2D eigenvalue weighted by Gasteiger charge is -2.11. The van der Waals surface area contributed by atoms with Crippen molar-refractivity contribution in [2.75, 3.05) is 0 Å². The topological polar surface area (TPSA) is 38.6 Å². The predicted octanol–water partition coefficient (Wildman–Crippen LogP) is 10.8. The van der Waals surface area contributed by atoms with Gasteiger partial charge in [-0.3, -0.25) is 0 Å². The zero-order valence-electron chi connectivity index (χ0n) is 25.3. The molecule has 0 amide bonds. The van der Waals surface area contributed by atoms with Crippen molar-refractivity contribution in [3.63, 3.8) is 0 Å². The van der Waals surface area contributed by atoms with Crippen LogP contribution >= 0.6 is 0 Å². The highest BCUT2D eigenvalue weighted by atomic mass is 15.0. The first kappa shape index (κ1) is 25.7. The molecule has 10 rings (SSSR count). The fourth-order valence-electron chi connectivity index (χ4n) is 7.78. The molecule has 0 bridgehead atoms. The van der Waals surface area contributed by atoms with Crippen molar-refractivity contribution in [1.82, 2.24) is 13.7 Å². The number of benzene rings is 7. The number of rotatable bonds is 3. The Morgan fingerprint density at radius 1 is 0.362 bits per heavy atom. The van der Waals surface area contributed by atoms with E-state index < -0.39 is 0 Å². The van der Waals surface area contributed by atoms with Crippen LogP contribution in [0.5, 0.6) is 0 Å². The van der Waals surface area contributed by atoms with Gasteiger partial charge in [0.25, 0.3) is 0 Å². The first-order valence-electron chi connectivity index (χ1n) is 15.9. The van der Waals surface area contributed by atoms with E-state index in [0.717, 1.165) is 49.9 Å². The van der Waals surface area contributed by atoms with Crippen LogP contribution in [0.25, 0.3) is 82.5 Å². The third kappa shape index (κ3) is 3.51. The molecule has 47 heavy (non-hydrogen) atoms. The molecule has 10 aromatic rings. The van der Waals surface area contributed by atoms with Gasteiger partial charge in [0.05, 0.1) is 44.7 Å². The first-order valence-corrected chi connectivity index (χ1v) is 15.9. The molecule has 0 fully saturated rings. The molecule has 0 saturated carbocycles. The maximum absolute atomic E-state index is 10.2. The molecule has 0 unspecified atom stereocenters. The fraction of sp³-hybridized carbons (Fsp3) is 0. The molecule has 0 aliphatic carbocycles. The summed E-state index contributed by atoms with van der Waals surface area (Å²) in [5.41, 5.74) is 10.8. The molecule has 4 nitrogen and oxygen atoms in total. The maximum atomic E-state index is 10.2. The van der Waals surface area contributed by atoms with Crippen LogP contribution < -0.4 is 0 Å². The summed E-state index contributed by atoms with van der Waals surface area (Å²) in [7, 11) is 0. The highest BCUT2D eigenvalue weighted by molar-refractivity contribution is 6.27. The largest absolute Gasteiger partial charge is 0.309 e. The Kier molecular flexibility index (Phi) is 5.32. The molecular formula is C43H26N4. The lowest BCUT2D eigenvalue weighted by atomic mass is 10.0. The molecule has 0 saturated heterocycles. The maximum Gasteiger partial charge on any atom is 0.0998 e. The van der Waals surface area contributed by atoms with Gasteiger partial charge in [-0.15, -0.1) is 0 Å². The van der Waals surface area contributed by atoms with E-state index in [0.29, 0.717) is 5.56 Å². The van der Waals surface area contributed by atoms with Crippen LogP contribution in [0.15, 0.2) is 158 Å². The molecule has 3 aromatic heterocycles. The second-order valence-corrected chi connectivity index (χ2v) is 12.1. The molecule has 0 spiro atoms. The predicted molar refractivity (Wildman–Crippen MR) is 194 cm³/mol. The normalized spacial score (nSPS) is 11.8. The molecule has 0 atom stereocenters. The van der Waals surface area contributed by atoms with Gasteiger partial charge in [-0.25, -0.2) is 0 Å². The van der Waals surface area contributed by atoms with Crippen LogP contribution in [0.4, 0.5) is 0 Å². The van der Waals surface area contributed by atoms with Crippen molar-refractivity contribution >= 4 is 65.4 Å². The van der Waals surface area contributed by atoms with Crippen LogP contribution in [0.2, 0.25) is 0 Å². The number of nitrogens with zero attached hydrogens (tertiary/aromatic N) is 4. The van der Waals surface area contributed by atoms with E-state index in [-0.39, 0.29) is 0 Å². The standard InChI is InChI=1S/C43H26N4/c44-27-28-12-11-21-38-41(28)35-24-25-39-42(43(35)47(38)30-15-5-2-6-16-30)34-18-8-10-20-37(34)46(39)31-22-23-33-32-17-7-9-19-36(32)45(40(33)26-31)29-13-3-1-4-14-29/h1-26H. The second-order valence-electron chi connectivity index (χ2n) is 12.1. The van der Waals surface area contributed by atoms with Crippen LogP contribution in [0.1, 0.15) is 5.56 Å². The van der Waals surface area contributed by atoms with Crippen molar-refractivity contribution in [3.05, 3.63) is 163 Å². The van der Waals surface area contributed by atoms with Crippen molar-refractivity contribution < 1.29 is 0 Å². The summed E-state index contributed by atoms with van der Waals surface area (Å²) in [4.78, 5) is 0. The van der Waals surface area contributed by atoms with Gasteiger partial charge in [0, 0.05) is 49.4 Å². The zero-order chi connectivity index (χ0) is 31.1. The van der Waals surface area contributed by atoms with Crippen molar-refractivity contribution in [2.24, 2.45) is 0 Å². The minimum absolute atomic E-state index is 0.685. The molecule has 4 heteroatoms. The average molecular weight is 599 g/mol. The van der Waals surface area contributed by atoms with Gasteiger partial charge in [-0.1, -0.05) is 91.0 Å². The molecule has 3 heterocycles. The van der Waals surface area contributed by atoms with Gasteiger partial charge in [0.15, 0.2) is 0 Å². The van der Waals surface area contributed by atoms with Crippen molar-refractivity contribution in [1.29, 1.82) is 5.26 Å². The van der Waals surface area contributed by atoms with Gasteiger partial charge in [0.2, 0.25) is 0 Å². The minimum atomic E-state index is 0.685. The van der Waals surface area contributed by atoms with Gasteiger partial charge >= 0.3 is 0 Å². The Bertz CT molecular complexity index is 2900. The number of para-hydroxylation sites is 4. The van der Waals surface area contributed by atoms with E-state index in [4.69, 9.17) is 0 Å². The molecule has 0 radical (unpaired) electrons. The Morgan fingerprint density at radius 2 is 0.915 bits per heavy atom. The van der Waals surface area contributed by atoms with E-state index in [1.807, 2.05) is 18.2 Å². The van der Waals surface area contributed by atoms with Gasteiger partial charge in [-0.05, 0) is 66.7 Å². The highest BCUT2D eigenvalue weighted by Crippen LogP contribution is 2.43. The highest BCUT2D eigenvalue weighted by Gasteiger charge is 2.22. The Balaban J connectivity index is 1.36. The van der Waals surface area contributed by atoms with Gasteiger partial charge < -0.3 is 13.7 Å². The minimum Gasteiger partial charge on any atom is -0.309 e. The van der Waals surface area contributed by atoms with E-state index in [9.17, 15) is 5.26 Å². The first-order chi connectivity index (χ1) is 23.3. The number of nitriles is 1. The SMILES string of the molecule is N#Cc1cccc2c1c1ccc3c(c4ccccc4n3-c3ccc4c5ccccc5n(-c5ccccc5)c4c3)c1n2-c1ccccc1. The van der Waals surface area contributed by atoms with Gasteiger partial charge in [0.1, 0.15) is 0 Å². The summed E-state index contributed by atoms with van der Waals surface area (Å²) in [6, 6.07) is 58.2. The Morgan fingerprint density at radius 3 is 1.66 bits per heavy atom. The van der Waals surface area contributed by atoms with Gasteiger partial charge in [-0.2, -0.15) is 5.26 Å². The summed E-state index contributed by atoms with van der Waals surface area (Å²) >= 11 is 0.